The Morgan fingerprint density at radius 2 is 2.07 bits per heavy atom. The summed E-state index contributed by atoms with van der Waals surface area (Å²) in [7, 11) is 0. The molecule has 0 bridgehead atoms. The third kappa shape index (κ3) is 4.48. The van der Waals surface area contributed by atoms with Crippen LogP contribution in [0.3, 0.4) is 0 Å². The van der Waals surface area contributed by atoms with Crippen molar-refractivity contribution in [3.63, 3.8) is 0 Å². The lowest BCUT2D eigenvalue weighted by Crippen LogP contribution is -2.22. The molecule has 0 radical (unpaired) electrons. The lowest BCUT2D eigenvalue weighted by Gasteiger charge is -2.11. The highest BCUT2D eigenvalue weighted by Gasteiger charge is 2.14. The van der Waals surface area contributed by atoms with Crippen molar-refractivity contribution in [3.8, 4) is 5.69 Å². The Morgan fingerprint density at radius 3 is 2.78 bits per heavy atom. The molecular weight excluding hydrogens is 375 g/mol. The molecule has 138 valence electrons. The highest BCUT2D eigenvalue weighted by molar-refractivity contribution is 6.31. The second-order valence-electron chi connectivity index (χ2n) is 5.59. The van der Waals surface area contributed by atoms with E-state index in [1.807, 2.05) is 0 Å². The van der Waals surface area contributed by atoms with E-state index in [0.29, 0.717) is 22.0 Å². The number of benzene rings is 2. The van der Waals surface area contributed by atoms with Gasteiger partial charge >= 0.3 is 5.97 Å². The first-order chi connectivity index (χ1) is 12.9. The first-order valence-electron chi connectivity index (χ1n) is 7.82. The molecule has 0 unspecified atom stereocenters. The fourth-order valence-corrected chi connectivity index (χ4v) is 2.43. The van der Waals surface area contributed by atoms with Crippen LogP contribution in [0.25, 0.3) is 5.69 Å². The standard InChI is InChI=1S/C18H14ClFN4O3/c1-11-2-3-12(6-14(11)20)18(26)27-8-17(25)23-15-7-13(19)4-5-16(15)24-10-21-9-22-24/h2-7,9-10H,8H2,1H3,(H,23,25). The van der Waals surface area contributed by atoms with Crippen LogP contribution >= 0.6 is 11.6 Å². The zero-order valence-electron chi connectivity index (χ0n) is 14.1. The topological polar surface area (TPSA) is 86.1 Å². The zero-order chi connectivity index (χ0) is 19.4. The fourth-order valence-electron chi connectivity index (χ4n) is 2.26. The molecule has 0 saturated carbocycles. The second kappa shape index (κ2) is 7.96. The van der Waals surface area contributed by atoms with E-state index in [1.165, 1.54) is 35.5 Å². The lowest BCUT2D eigenvalue weighted by molar-refractivity contribution is -0.119. The van der Waals surface area contributed by atoms with Gasteiger partial charge in [-0.15, -0.1) is 0 Å². The van der Waals surface area contributed by atoms with Gasteiger partial charge in [0.05, 0.1) is 16.9 Å². The molecule has 1 amide bonds. The number of hydrogen-bond donors (Lipinski definition) is 1. The minimum atomic E-state index is -0.799. The summed E-state index contributed by atoms with van der Waals surface area (Å²) in [6.07, 6.45) is 2.81. The largest absolute Gasteiger partial charge is 0.452 e. The average Bonchev–Trinajstić information content (AvgIpc) is 3.16. The summed E-state index contributed by atoms with van der Waals surface area (Å²) in [4.78, 5) is 28.0. The first-order valence-corrected chi connectivity index (χ1v) is 8.19. The highest BCUT2D eigenvalue weighted by Crippen LogP contribution is 2.24. The molecule has 1 aromatic heterocycles. The quantitative estimate of drug-likeness (QED) is 0.678. The van der Waals surface area contributed by atoms with Crippen LogP contribution in [0.2, 0.25) is 5.02 Å². The number of rotatable bonds is 5. The maximum absolute atomic E-state index is 13.5. The van der Waals surface area contributed by atoms with Crippen LogP contribution in [0.1, 0.15) is 15.9 Å². The summed E-state index contributed by atoms with van der Waals surface area (Å²) in [5.74, 6) is -1.91. The van der Waals surface area contributed by atoms with Gasteiger partial charge in [0.15, 0.2) is 6.61 Å². The molecule has 9 heteroatoms. The van der Waals surface area contributed by atoms with Gasteiger partial charge in [0, 0.05) is 5.02 Å². The molecule has 7 nitrogen and oxygen atoms in total. The minimum absolute atomic E-state index is 0.0250. The van der Waals surface area contributed by atoms with E-state index in [1.54, 1.807) is 19.1 Å². The number of ether oxygens (including phenoxy) is 1. The van der Waals surface area contributed by atoms with Crippen LogP contribution in [0.15, 0.2) is 49.1 Å². The third-order valence-electron chi connectivity index (χ3n) is 3.64. The number of anilines is 1. The van der Waals surface area contributed by atoms with Crippen LogP contribution in [0.5, 0.6) is 0 Å². The number of nitrogens with one attached hydrogen (secondary N) is 1. The average molecular weight is 389 g/mol. The Bertz CT molecular complexity index is 992. The van der Waals surface area contributed by atoms with Crippen LogP contribution in [-0.2, 0) is 9.53 Å². The second-order valence-corrected chi connectivity index (χ2v) is 6.03. The van der Waals surface area contributed by atoms with Gasteiger partial charge in [-0.2, -0.15) is 5.10 Å². The summed E-state index contributed by atoms with van der Waals surface area (Å²) in [5, 5.41) is 7.01. The van der Waals surface area contributed by atoms with E-state index >= 15 is 0 Å². The molecule has 0 aliphatic carbocycles. The summed E-state index contributed by atoms with van der Waals surface area (Å²) in [5.41, 5.74) is 1.34. The molecule has 0 spiro atoms. The molecule has 3 rings (SSSR count). The minimum Gasteiger partial charge on any atom is -0.452 e. The summed E-state index contributed by atoms with van der Waals surface area (Å²) in [6, 6.07) is 8.79. The fraction of sp³-hybridized carbons (Fsp3) is 0.111. The number of amides is 1. The maximum atomic E-state index is 13.5. The maximum Gasteiger partial charge on any atom is 0.338 e. The van der Waals surface area contributed by atoms with Gasteiger partial charge < -0.3 is 10.1 Å². The van der Waals surface area contributed by atoms with Crippen molar-refractivity contribution in [2.45, 2.75) is 6.92 Å². The van der Waals surface area contributed by atoms with Crippen molar-refractivity contribution in [3.05, 3.63) is 71.0 Å². The molecule has 0 saturated heterocycles. The first kappa shape index (κ1) is 18.5. The SMILES string of the molecule is Cc1ccc(C(=O)OCC(=O)Nc2cc(Cl)ccc2-n2cncn2)cc1F. The molecule has 27 heavy (non-hydrogen) atoms. The number of carbonyl (C=O) groups excluding carboxylic acids is 2. The number of aryl methyl sites for hydroxylation is 1. The van der Waals surface area contributed by atoms with Gasteiger partial charge in [-0.3, -0.25) is 4.79 Å². The van der Waals surface area contributed by atoms with Crippen LogP contribution < -0.4 is 5.32 Å². The van der Waals surface area contributed by atoms with Gasteiger partial charge in [-0.1, -0.05) is 17.7 Å². The molecule has 1 heterocycles. The van der Waals surface area contributed by atoms with Crippen molar-refractivity contribution >= 4 is 29.2 Å². The van der Waals surface area contributed by atoms with Crippen molar-refractivity contribution in [1.29, 1.82) is 0 Å². The predicted octanol–water partition coefficient (Wildman–Crippen LogP) is 3.16. The van der Waals surface area contributed by atoms with E-state index in [4.69, 9.17) is 16.3 Å². The van der Waals surface area contributed by atoms with E-state index in [2.05, 4.69) is 15.4 Å². The zero-order valence-corrected chi connectivity index (χ0v) is 14.9. The van der Waals surface area contributed by atoms with E-state index in [9.17, 15) is 14.0 Å². The lowest BCUT2D eigenvalue weighted by atomic mass is 10.1. The molecule has 1 N–H and O–H groups in total. The number of nitrogens with zero attached hydrogens (tertiary/aromatic N) is 3. The number of esters is 1. The van der Waals surface area contributed by atoms with Gasteiger partial charge in [0.25, 0.3) is 5.91 Å². The van der Waals surface area contributed by atoms with Crippen LogP contribution in [0.4, 0.5) is 10.1 Å². The number of carbonyl (C=O) groups is 2. The third-order valence-corrected chi connectivity index (χ3v) is 3.88. The van der Waals surface area contributed by atoms with Crippen LogP contribution in [0, 0.1) is 12.7 Å². The van der Waals surface area contributed by atoms with E-state index in [0.717, 1.165) is 6.07 Å². The smallest absolute Gasteiger partial charge is 0.338 e. The normalized spacial score (nSPS) is 10.5. The Morgan fingerprint density at radius 1 is 1.26 bits per heavy atom. The Labute approximate surface area is 158 Å². The highest BCUT2D eigenvalue weighted by atomic mass is 35.5. The van der Waals surface area contributed by atoms with Gasteiger partial charge in [0.1, 0.15) is 18.5 Å². The molecule has 2 aromatic carbocycles. The summed E-state index contributed by atoms with van der Waals surface area (Å²) < 4.78 is 19.9. The number of halogens is 2. The van der Waals surface area contributed by atoms with Gasteiger partial charge in [-0.05, 0) is 42.8 Å². The van der Waals surface area contributed by atoms with Gasteiger partial charge in [0.2, 0.25) is 0 Å². The Kier molecular flexibility index (Phi) is 5.46. The Balaban J connectivity index is 1.67. The molecule has 3 aromatic rings. The van der Waals surface area contributed by atoms with Crippen molar-refractivity contribution in [2.75, 3.05) is 11.9 Å². The summed E-state index contributed by atoms with van der Waals surface area (Å²) in [6.45, 7) is 1.03. The van der Waals surface area contributed by atoms with Crippen LogP contribution in [-0.4, -0.2) is 33.2 Å². The van der Waals surface area contributed by atoms with E-state index in [-0.39, 0.29) is 5.56 Å². The van der Waals surface area contributed by atoms with Crippen molar-refractivity contribution < 1.29 is 18.7 Å². The monoisotopic (exact) mass is 388 g/mol. The molecule has 0 fully saturated rings. The molecule has 0 atom stereocenters. The molecular formula is C18H14ClFN4O3. The van der Waals surface area contributed by atoms with Crippen molar-refractivity contribution in [2.24, 2.45) is 0 Å². The number of hydrogen-bond acceptors (Lipinski definition) is 5. The predicted molar refractivity (Wildman–Crippen MR) is 96.4 cm³/mol. The molecule has 0 aliphatic rings. The number of aromatic nitrogens is 3. The summed E-state index contributed by atoms with van der Waals surface area (Å²) >= 11 is 5.98. The molecule has 0 aliphatic heterocycles. The van der Waals surface area contributed by atoms with Crippen molar-refractivity contribution in [1.82, 2.24) is 14.8 Å². The van der Waals surface area contributed by atoms with E-state index < -0.39 is 24.3 Å². The van der Waals surface area contributed by atoms with Gasteiger partial charge in [-0.25, -0.2) is 18.9 Å². The Hall–Kier alpha value is -3.26.